The summed E-state index contributed by atoms with van der Waals surface area (Å²) in [6.45, 7) is 2.75. The van der Waals surface area contributed by atoms with Gasteiger partial charge in [0.2, 0.25) is 0 Å². The first-order valence-electron chi connectivity index (χ1n) is 6.39. The standard InChI is InChI=1S/C15H17N3O2/c1-11-3-2-4-12(7-11)5-6-17-14-8-13(16)9-15(10-14)18(19)20/h2-4,7-10,17H,5-6,16H2,1H3. The maximum absolute atomic E-state index is 10.8. The average molecular weight is 271 g/mol. The predicted molar refractivity (Wildman–Crippen MR) is 80.9 cm³/mol. The van der Waals surface area contributed by atoms with Gasteiger partial charge in [0.05, 0.1) is 4.92 Å². The van der Waals surface area contributed by atoms with Crippen LogP contribution in [0, 0.1) is 17.0 Å². The number of nitrogens with two attached hydrogens (primary N) is 1. The van der Waals surface area contributed by atoms with Gasteiger partial charge >= 0.3 is 0 Å². The highest BCUT2D eigenvalue weighted by Gasteiger charge is 2.08. The molecule has 0 bridgehead atoms. The van der Waals surface area contributed by atoms with E-state index in [1.807, 2.05) is 6.07 Å². The number of nitrogen functional groups attached to an aromatic ring is 1. The molecule has 0 aliphatic carbocycles. The lowest BCUT2D eigenvalue weighted by atomic mass is 10.1. The third-order valence-corrected chi connectivity index (χ3v) is 2.98. The summed E-state index contributed by atoms with van der Waals surface area (Å²) in [5.41, 5.74) is 9.17. The molecule has 0 atom stereocenters. The summed E-state index contributed by atoms with van der Waals surface area (Å²) in [5, 5.41) is 13.9. The quantitative estimate of drug-likeness (QED) is 0.497. The van der Waals surface area contributed by atoms with Crippen LogP contribution in [0.25, 0.3) is 0 Å². The zero-order chi connectivity index (χ0) is 14.5. The molecule has 0 radical (unpaired) electrons. The summed E-state index contributed by atoms with van der Waals surface area (Å²) in [6, 6.07) is 12.8. The number of rotatable bonds is 5. The molecule has 20 heavy (non-hydrogen) atoms. The minimum atomic E-state index is -0.442. The smallest absolute Gasteiger partial charge is 0.273 e. The van der Waals surface area contributed by atoms with Gasteiger partial charge in [0.25, 0.3) is 5.69 Å². The Kier molecular flexibility index (Phi) is 4.20. The minimum Gasteiger partial charge on any atom is -0.398 e. The normalized spacial score (nSPS) is 10.2. The fourth-order valence-corrected chi connectivity index (χ4v) is 2.06. The van der Waals surface area contributed by atoms with Crippen LogP contribution in [0.2, 0.25) is 0 Å². The maximum atomic E-state index is 10.8. The number of hydrogen-bond donors (Lipinski definition) is 2. The summed E-state index contributed by atoms with van der Waals surface area (Å²) >= 11 is 0. The van der Waals surface area contributed by atoms with Gasteiger partial charge < -0.3 is 11.1 Å². The molecule has 0 heterocycles. The van der Waals surface area contributed by atoms with Gasteiger partial charge in [-0.2, -0.15) is 0 Å². The van der Waals surface area contributed by atoms with Crippen LogP contribution in [0.4, 0.5) is 17.1 Å². The van der Waals surface area contributed by atoms with E-state index in [9.17, 15) is 10.1 Å². The van der Waals surface area contributed by atoms with E-state index in [1.165, 1.54) is 23.3 Å². The van der Waals surface area contributed by atoms with Crippen molar-refractivity contribution in [2.45, 2.75) is 13.3 Å². The lowest BCUT2D eigenvalue weighted by Crippen LogP contribution is -2.06. The van der Waals surface area contributed by atoms with Gasteiger partial charge in [-0.3, -0.25) is 10.1 Å². The molecular formula is C15H17N3O2. The van der Waals surface area contributed by atoms with Crippen molar-refractivity contribution >= 4 is 17.1 Å². The van der Waals surface area contributed by atoms with Gasteiger partial charge in [0.15, 0.2) is 0 Å². The molecule has 3 N–H and O–H groups in total. The highest BCUT2D eigenvalue weighted by atomic mass is 16.6. The first-order valence-corrected chi connectivity index (χ1v) is 6.39. The number of aryl methyl sites for hydroxylation is 1. The van der Waals surface area contributed by atoms with Crippen molar-refractivity contribution in [3.63, 3.8) is 0 Å². The molecule has 0 aliphatic heterocycles. The van der Waals surface area contributed by atoms with Crippen LogP contribution in [0.1, 0.15) is 11.1 Å². The molecule has 2 aromatic carbocycles. The molecule has 5 heteroatoms. The van der Waals surface area contributed by atoms with Crippen LogP contribution in [0.5, 0.6) is 0 Å². The highest BCUT2D eigenvalue weighted by Crippen LogP contribution is 2.22. The monoisotopic (exact) mass is 271 g/mol. The van der Waals surface area contributed by atoms with Crippen molar-refractivity contribution in [1.29, 1.82) is 0 Å². The second kappa shape index (κ2) is 6.06. The second-order valence-electron chi connectivity index (χ2n) is 4.74. The number of non-ortho nitro benzene ring substituents is 1. The maximum Gasteiger partial charge on any atom is 0.273 e. The van der Waals surface area contributed by atoms with E-state index >= 15 is 0 Å². The Hall–Kier alpha value is -2.56. The summed E-state index contributed by atoms with van der Waals surface area (Å²) in [7, 11) is 0. The highest BCUT2D eigenvalue weighted by molar-refractivity contribution is 5.61. The van der Waals surface area contributed by atoms with E-state index in [4.69, 9.17) is 5.73 Å². The summed E-state index contributed by atoms with van der Waals surface area (Å²) in [4.78, 5) is 10.3. The Morgan fingerprint density at radius 1 is 1.25 bits per heavy atom. The SMILES string of the molecule is Cc1cccc(CCNc2cc(N)cc([N+](=O)[O-])c2)c1. The molecule has 0 aromatic heterocycles. The van der Waals surface area contributed by atoms with Gasteiger partial charge in [0.1, 0.15) is 0 Å². The number of anilines is 2. The zero-order valence-corrected chi connectivity index (χ0v) is 11.3. The summed E-state index contributed by atoms with van der Waals surface area (Å²) < 4.78 is 0. The van der Waals surface area contributed by atoms with Crippen molar-refractivity contribution in [1.82, 2.24) is 0 Å². The minimum absolute atomic E-state index is 0.00283. The number of hydrogen-bond acceptors (Lipinski definition) is 4. The number of benzene rings is 2. The predicted octanol–water partition coefficient (Wildman–Crippen LogP) is 3.14. The van der Waals surface area contributed by atoms with Crippen molar-refractivity contribution in [2.24, 2.45) is 0 Å². The molecule has 104 valence electrons. The molecule has 0 amide bonds. The second-order valence-corrected chi connectivity index (χ2v) is 4.74. The van der Waals surface area contributed by atoms with Gasteiger partial charge in [-0.05, 0) is 25.0 Å². The molecule has 0 spiro atoms. The molecule has 0 saturated heterocycles. The molecule has 0 unspecified atom stereocenters. The van der Waals surface area contributed by atoms with Gasteiger partial charge in [-0.1, -0.05) is 29.8 Å². The fourth-order valence-electron chi connectivity index (χ4n) is 2.06. The Balaban J connectivity index is 1.99. The first kappa shape index (κ1) is 13.9. The van der Waals surface area contributed by atoms with Crippen molar-refractivity contribution in [2.75, 3.05) is 17.6 Å². The van der Waals surface area contributed by atoms with Crippen molar-refractivity contribution in [3.8, 4) is 0 Å². The van der Waals surface area contributed by atoms with E-state index in [-0.39, 0.29) is 5.69 Å². The van der Waals surface area contributed by atoms with Crippen LogP contribution in [-0.2, 0) is 6.42 Å². The lowest BCUT2D eigenvalue weighted by Gasteiger charge is -2.08. The van der Waals surface area contributed by atoms with E-state index in [0.29, 0.717) is 17.9 Å². The molecule has 0 saturated carbocycles. The first-order chi connectivity index (χ1) is 9.54. The van der Waals surface area contributed by atoms with Crippen LogP contribution in [0.15, 0.2) is 42.5 Å². The molecule has 5 nitrogen and oxygen atoms in total. The van der Waals surface area contributed by atoms with E-state index in [1.54, 1.807) is 6.07 Å². The Morgan fingerprint density at radius 3 is 2.75 bits per heavy atom. The average Bonchev–Trinajstić information content (AvgIpc) is 2.38. The molecule has 2 aromatic rings. The number of nitrogens with zero attached hydrogens (tertiary/aromatic N) is 1. The van der Waals surface area contributed by atoms with Gasteiger partial charge in [0, 0.05) is 30.1 Å². The third kappa shape index (κ3) is 3.71. The van der Waals surface area contributed by atoms with Gasteiger partial charge in [-0.25, -0.2) is 0 Å². The van der Waals surface area contributed by atoms with E-state index in [0.717, 1.165) is 6.42 Å². The summed E-state index contributed by atoms with van der Waals surface area (Å²) in [6.07, 6.45) is 0.851. The molecule has 2 rings (SSSR count). The zero-order valence-electron chi connectivity index (χ0n) is 11.3. The van der Waals surface area contributed by atoms with E-state index < -0.39 is 4.92 Å². The largest absolute Gasteiger partial charge is 0.398 e. The third-order valence-electron chi connectivity index (χ3n) is 2.98. The Morgan fingerprint density at radius 2 is 2.05 bits per heavy atom. The summed E-state index contributed by atoms with van der Waals surface area (Å²) in [5.74, 6) is 0. The van der Waals surface area contributed by atoms with Crippen LogP contribution in [0.3, 0.4) is 0 Å². The van der Waals surface area contributed by atoms with Crippen molar-refractivity contribution in [3.05, 3.63) is 63.7 Å². The van der Waals surface area contributed by atoms with Crippen LogP contribution >= 0.6 is 0 Å². The van der Waals surface area contributed by atoms with Crippen LogP contribution < -0.4 is 11.1 Å². The lowest BCUT2D eigenvalue weighted by molar-refractivity contribution is -0.384. The molecular weight excluding hydrogens is 254 g/mol. The Bertz CT molecular complexity index is 626. The topological polar surface area (TPSA) is 81.2 Å². The van der Waals surface area contributed by atoms with Crippen LogP contribution in [-0.4, -0.2) is 11.5 Å². The fraction of sp³-hybridized carbons (Fsp3) is 0.200. The van der Waals surface area contributed by atoms with Crippen molar-refractivity contribution < 1.29 is 4.92 Å². The number of nitrogens with one attached hydrogen (secondary N) is 1. The number of nitro benzene ring substituents is 1. The molecule has 0 aliphatic rings. The van der Waals surface area contributed by atoms with E-state index in [2.05, 4.69) is 30.4 Å². The number of nitro groups is 1. The molecule has 0 fully saturated rings. The van der Waals surface area contributed by atoms with Gasteiger partial charge in [-0.15, -0.1) is 0 Å². The Labute approximate surface area is 117 Å².